The number of nitrogens with one attached hydrogen (secondary N) is 1. The fourth-order valence-corrected chi connectivity index (χ4v) is 0.969. The molecular weight excluding hydrogens is 144 g/mol. The minimum atomic E-state index is -0.897. The van der Waals surface area contributed by atoms with E-state index in [2.05, 4.69) is 5.32 Å². The lowest BCUT2D eigenvalue weighted by Crippen LogP contribution is -2.22. The highest BCUT2D eigenvalue weighted by Gasteiger charge is 2.10. The van der Waals surface area contributed by atoms with Crippen molar-refractivity contribution >= 4 is 11.7 Å². The van der Waals surface area contributed by atoms with Gasteiger partial charge in [0.25, 0.3) is 5.91 Å². The first kappa shape index (κ1) is 7.78. The van der Waals surface area contributed by atoms with Crippen LogP contribution in [-0.4, -0.2) is 18.2 Å². The highest BCUT2D eigenvalue weighted by atomic mass is 16.2. The van der Waals surface area contributed by atoms with Gasteiger partial charge in [-0.15, -0.1) is 0 Å². The average Bonchev–Trinajstić information content (AvgIpc) is 2.39. The third-order valence-electron chi connectivity index (χ3n) is 1.52. The molecule has 60 valence electrons. The molecule has 0 aromatic rings. The van der Waals surface area contributed by atoms with Crippen molar-refractivity contribution in [2.24, 2.45) is 5.73 Å². The zero-order valence-electron chi connectivity index (χ0n) is 6.09. The van der Waals surface area contributed by atoms with Gasteiger partial charge < -0.3 is 11.1 Å². The Morgan fingerprint density at radius 2 is 2.27 bits per heavy atom. The molecule has 1 heterocycles. The molecule has 0 aliphatic carbocycles. The van der Waals surface area contributed by atoms with Crippen LogP contribution >= 0.6 is 0 Å². The Kier molecular flexibility index (Phi) is 2.25. The van der Waals surface area contributed by atoms with E-state index in [-0.39, 0.29) is 0 Å². The minimum Gasteiger partial charge on any atom is -0.388 e. The van der Waals surface area contributed by atoms with Gasteiger partial charge in [0.05, 0.1) is 0 Å². The fourth-order valence-electron chi connectivity index (χ4n) is 0.969. The van der Waals surface area contributed by atoms with Crippen LogP contribution in [0.4, 0.5) is 0 Å². The van der Waals surface area contributed by atoms with E-state index < -0.39 is 11.7 Å². The van der Waals surface area contributed by atoms with Crippen molar-refractivity contribution in [3.8, 4) is 0 Å². The van der Waals surface area contributed by atoms with Gasteiger partial charge in [-0.3, -0.25) is 9.59 Å². The first-order chi connectivity index (χ1) is 5.20. The number of ketones is 1. The maximum Gasteiger partial charge on any atom is 0.289 e. The van der Waals surface area contributed by atoms with E-state index in [0.717, 1.165) is 25.1 Å². The Morgan fingerprint density at radius 1 is 1.55 bits per heavy atom. The second-order valence-corrected chi connectivity index (χ2v) is 2.43. The lowest BCUT2D eigenvalue weighted by atomic mass is 10.2. The molecule has 4 nitrogen and oxygen atoms in total. The lowest BCUT2D eigenvalue weighted by Gasteiger charge is -1.94. The van der Waals surface area contributed by atoms with Gasteiger partial charge in [0, 0.05) is 18.3 Å². The lowest BCUT2D eigenvalue weighted by molar-refractivity contribution is -0.133. The fraction of sp³-hybridized carbons (Fsp3) is 0.429. The Labute approximate surface area is 64.4 Å². The van der Waals surface area contributed by atoms with Gasteiger partial charge in [0.1, 0.15) is 0 Å². The number of nitrogens with two attached hydrogens (primary N) is 1. The van der Waals surface area contributed by atoms with Crippen molar-refractivity contribution in [3.63, 3.8) is 0 Å². The van der Waals surface area contributed by atoms with E-state index in [0.29, 0.717) is 0 Å². The second kappa shape index (κ2) is 3.18. The summed E-state index contributed by atoms with van der Waals surface area (Å²) in [6, 6.07) is 0. The maximum absolute atomic E-state index is 10.7. The predicted octanol–water partition coefficient (Wildman–Crippen LogP) is -0.692. The van der Waals surface area contributed by atoms with E-state index in [9.17, 15) is 9.59 Å². The summed E-state index contributed by atoms with van der Waals surface area (Å²) in [7, 11) is 0. The molecule has 4 heteroatoms. The molecule has 11 heavy (non-hydrogen) atoms. The highest BCUT2D eigenvalue weighted by molar-refractivity contribution is 6.40. The van der Waals surface area contributed by atoms with Gasteiger partial charge >= 0.3 is 0 Å². The summed E-state index contributed by atoms with van der Waals surface area (Å²) in [5, 5.41) is 2.97. The summed E-state index contributed by atoms with van der Waals surface area (Å²) < 4.78 is 0. The zero-order valence-corrected chi connectivity index (χ0v) is 6.09. The molecular formula is C7H10N2O2. The number of primary amides is 1. The number of carbonyl (C=O) groups excluding carboxylic acids is 2. The van der Waals surface area contributed by atoms with Crippen LogP contribution in [0.1, 0.15) is 12.8 Å². The standard InChI is InChI=1S/C7H10N2O2/c8-7(11)6(10)4-5-2-1-3-9-5/h4,9H,1-3H2,(H2,8,11)/b5-4+. The second-order valence-electron chi connectivity index (χ2n) is 2.43. The molecule has 1 amide bonds. The molecule has 0 spiro atoms. The molecule has 0 unspecified atom stereocenters. The van der Waals surface area contributed by atoms with Crippen LogP contribution in [0, 0.1) is 0 Å². The summed E-state index contributed by atoms with van der Waals surface area (Å²) in [4.78, 5) is 21.0. The van der Waals surface area contributed by atoms with E-state index in [1.54, 1.807) is 0 Å². The summed E-state index contributed by atoms with van der Waals surface area (Å²) in [5.41, 5.74) is 5.57. The van der Waals surface area contributed by atoms with E-state index in [1.165, 1.54) is 6.08 Å². The summed E-state index contributed by atoms with van der Waals surface area (Å²) in [6.07, 6.45) is 3.12. The molecule has 0 aromatic carbocycles. The van der Waals surface area contributed by atoms with Gasteiger partial charge in [-0.1, -0.05) is 0 Å². The molecule has 3 N–H and O–H groups in total. The van der Waals surface area contributed by atoms with E-state index in [1.807, 2.05) is 0 Å². The van der Waals surface area contributed by atoms with Crippen molar-refractivity contribution < 1.29 is 9.59 Å². The van der Waals surface area contributed by atoms with E-state index in [4.69, 9.17) is 5.73 Å². The SMILES string of the molecule is NC(=O)C(=O)/C=C1\CCCN1. The van der Waals surface area contributed by atoms with Crippen LogP contribution < -0.4 is 11.1 Å². The molecule has 0 saturated carbocycles. The van der Waals surface area contributed by atoms with E-state index >= 15 is 0 Å². The Hall–Kier alpha value is -1.32. The monoisotopic (exact) mass is 154 g/mol. The van der Waals surface area contributed by atoms with Crippen LogP contribution in [0.2, 0.25) is 0 Å². The minimum absolute atomic E-state index is 0.630. The van der Waals surface area contributed by atoms with Crippen molar-refractivity contribution in [2.75, 3.05) is 6.54 Å². The van der Waals surface area contributed by atoms with Crippen molar-refractivity contribution in [1.82, 2.24) is 5.32 Å². The van der Waals surface area contributed by atoms with Crippen LogP contribution in [0.5, 0.6) is 0 Å². The van der Waals surface area contributed by atoms with Crippen molar-refractivity contribution in [3.05, 3.63) is 11.8 Å². The van der Waals surface area contributed by atoms with Crippen molar-refractivity contribution in [1.29, 1.82) is 0 Å². The highest BCUT2D eigenvalue weighted by Crippen LogP contribution is 2.07. The Balaban J connectivity index is 2.56. The quantitative estimate of drug-likeness (QED) is 0.408. The molecule has 0 radical (unpaired) electrons. The number of carbonyl (C=O) groups is 2. The molecule has 1 fully saturated rings. The summed E-state index contributed by atoms with van der Waals surface area (Å²) >= 11 is 0. The molecule has 0 aromatic heterocycles. The topological polar surface area (TPSA) is 72.2 Å². The van der Waals surface area contributed by atoms with Crippen LogP contribution in [0.3, 0.4) is 0 Å². The van der Waals surface area contributed by atoms with Gasteiger partial charge in [-0.25, -0.2) is 0 Å². The van der Waals surface area contributed by atoms with Crippen LogP contribution in [0.15, 0.2) is 11.8 Å². The first-order valence-electron chi connectivity index (χ1n) is 3.48. The largest absolute Gasteiger partial charge is 0.388 e. The Morgan fingerprint density at radius 3 is 2.73 bits per heavy atom. The van der Waals surface area contributed by atoms with Crippen LogP contribution in [-0.2, 0) is 9.59 Å². The number of rotatable bonds is 2. The number of amides is 1. The maximum atomic E-state index is 10.7. The first-order valence-corrected chi connectivity index (χ1v) is 3.48. The van der Waals surface area contributed by atoms with Crippen LogP contribution in [0.25, 0.3) is 0 Å². The van der Waals surface area contributed by atoms with Gasteiger partial charge in [0.2, 0.25) is 5.78 Å². The predicted molar refractivity (Wildman–Crippen MR) is 39.5 cm³/mol. The summed E-state index contributed by atoms with van der Waals surface area (Å²) in [5.74, 6) is -1.53. The molecule has 0 atom stereocenters. The number of hydrogen-bond acceptors (Lipinski definition) is 3. The number of hydrogen-bond donors (Lipinski definition) is 2. The Bertz CT molecular complexity index is 212. The molecule has 1 rings (SSSR count). The molecule has 0 bridgehead atoms. The molecule has 1 aliphatic heterocycles. The summed E-state index contributed by atoms with van der Waals surface area (Å²) in [6.45, 7) is 0.873. The normalized spacial score (nSPS) is 19.8. The third kappa shape index (κ3) is 2.07. The van der Waals surface area contributed by atoms with Crippen molar-refractivity contribution in [2.45, 2.75) is 12.8 Å². The van der Waals surface area contributed by atoms with Gasteiger partial charge in [-0.05, 0) is 12.8 Å². The smallest absolute Gasteiger partial charge is 0.289 e. The van der Waals surface area contributed by atoms with Gasteiger partial charge in [-0.2, -0.15) is 0 Å². The molecule has 1 aliphatic rings. The zero-order chi connectivity index (χ0) is 8.27. The third-order valence-corrected chi connectivity index (χ3v) is 1.52. The number of allylic oxidation sites excluding steroid dienone is 1. The van der Waals surface area contributed by atoms with Gasteiger partial charge in [0.15, 0.2) is 0 Å². The molecule has 1 saturated heterocycles. The average molecular weight is 154 g/mol.